The molecule has 2 aromatic rings. The first-order chi connectivity index (χ1) is 12.9. The Bertz CT molecular complexity index is 807. The Balaban J connectivity index is 2.04. The van der Waals surface area contributed by atoms with Crippen molar-refractivity contribution >= 4 is 17.4 Å². The average molecular weight is 365 g/mol. The summed E-state index contributed by atoms with van der Waals surface area (Å²) < 4.78 is 5.57. The molecule has 0 fully saturated rings. The maximum absolute atomic E-state index is 12.6. The second-order valence-corrected chi connectivity index (χ2v) is 7.64. The van der Waals surface area contributed by atoms with Crippen molar-refractivity contribution in [2.45, 2.75) is 52.2 Å². The maximum atomic E-state index is 12.6. The minimum absolute atomic E-state index is 0.159. The highest BCUT2D eigenvalue weighted by Gasteiger charge is 2.35. The number of nitrogens with zero attached hydrogens (tertiary/aromatic N) is 1. The highest BCUT2D eigenvalue weighted by Crippen LogP contribution is 2.40. The smallest absolute Gasteiger partial charge is 0.310 e. The van der Waals surface area contributed by atoms with E-state index in [-0.39, 0.29) is 18.5 Å². The average Bonchev–Trinajstić information content (AvgIpc) is 2.99. The first kappa shape index (κ1) is 19.2. The van der Waals surface area contributed by atoms with Gasteiger partial charge in [-0.15, -0.1) is 0 Å². The third-order valence-electron chi connectivity index (χ3n) is 4.29. The molecule has 1 aliphatic rings. The fourth-order valence-corrected chi connectivity index (χ4v) is 3.23. The van der Waals surface area contributed by atoms with Crippen LogP contribution in [0.25, 0.3) is 5.70 Å². The normalized spacial score (nSPS) is 17.3. The zero-order valence-corrected chi connectivity index (χ0v) is 16.4. The Kier molecular flexibility index (Phi) is 5.66. The van der Waals surface area contributed by atoms with Gasteiger partial charge in [0.15, 0.2) is 0 Å². The van der Waals surface area contributed by atoms with Crippen molar-refractivity contribution in [3.63, 3.8) is 0 Å². The van der Waals surface area contributed by atoms with Crippen molar-refractivity contribution in [1.82, 2.24) is 0 Å². The first-order valence-electron chi connectivity index (χ1n) is 9.41. The van der Waals surface area contributed by atoms with Crippen molar-refractivity contribution < 1.29 is 14.4 Å². The number of benzene rings is 2. The molecule has 0 aromatic heterocycles. The van der Waals surface area contributed by atoms with Gasteiger partial charge < -0.3 is 4.74 Å². The predicted octanol–water partition coefficient (Wildman–Crippen LogP) is 5.36. The Morgan fingerprint density at radius 2 is 1.63 bits per heavy atom. The molecular formula is C23H27NO3. The number of esters is 1. The van der Waals surface area contributed by atoms with Crippen LogP contribution in [0.5, 0.6) is 0 Å². The molecule has 0 spiro atoms. The van der Waals surface area contributed by atoms with Gasteiger partial charge in [0.2, 0.25) is 0 Å². The van der Waals surface area contributed by atoms with Crippen LogP contribution in [0, 0.1) is 0 Å². The van der Waals surface area contributed by atoms with E-state index in [0.29, 0.717) is 0 Å². The summed E-state index contributed by atoms with van der Waals surface area (Å²) in [5, 5.41) is 1.85. The van der Waals surface area contributed by atoms with Crippen LogP contribution in [0.15, 0.2) is 66.2 Å². The van der Waals surface area contributed by atoms with E-state index in [2.05, 4.69) is 6.92 Å². The molecule has 0 radical (unpaired) electrons. The monoisotopic (exact) mass is 365 g/mol. The molecule has 4 heteroatoms. The lowest BCUT2D eigenvalue weighted by atomic mass is 9.98. The van der Waals surface area contributed by atoms with Crippen molar-refractivity contribution in [2.24, 2.45) is 0 Å². The summed E-state index contributed by atoms with van der Waals surface area (Å²) in [4.78, 5) is 18.8. The van der Waals surface area contributed by atoms with Gasteiger partial charge in [0.05, 0.1) is 17.8 Å². The van der Waals surface area contributed by atoms with Crippen molar-refractivity contribution in [3.05, 3.63) is 71.8 Å². The molecule has 142 valence electrons. The summed E-state index contributed by atoms with van der Waals surface area (Å²) in [5.41, 5.74) is 3.34. The number of hydroxylamine groups is 1. The number of rotatable bonds is 5. The lowest BCUT2D eigenvalue weighted by Gasteiger charge is -2.22. The molecule has 0 N–H and O–H groups in total. The lowest BCUT2D eigenvalue weighted by Crippen LogP contribution is -2.25. The van der Waals surface area contributed by atoms with E-state index in [1.807, 2.05) is 86.5 Å². The lowest BCUT2D eigenvalue weighted by molar-refractivity contribution is -0.154. The van der Waals surface area contributed by atoms with Crippen LogP contribution in [0.4, 0.5) is 5.69 Å². The maximum Gasteiger partial charge on any atom is 0.310 e. The molecule has 0 amide bonds. The third-order valence-corrected chi connectivity index (χ3v) is 4.29. The van der Waals surface area contributed by atoms with E-state index in [9.17, 15) is 4.79 Å². The second-order valence-electron chi connectivity index (χ2n) is 7.64. The van der Waals surface area contributed by atoms with Gasteiger partial charge in [0.1, 0.15) is 11.7 Å². The minimum Gasteiger partial charge on any atom is -0.460 e. The Morgan fingerprint density at radius 1 is 1.04 bits per heavy atom. The number of carbonyl (C=O) groups excluding carboxylic acids is 1. The van der Waals surface area contributed by atoms with Crippen molar-refractivity contribution in [2.75, 3.05) is 5.06 Å². The van der Waals surface area contributed by atoms with Crippen LogP contribution >= 0.6 is 0 Å². The zero-order valence-electron chi connectivity index (χ0n) is 16.4. The molecule has 0 bridgehead atoms. The summed E-state index contributed by atoms with van der Waals surface area (Å²) in [7, 11) is 0. The number of hydrogen-bond donors (Lipinski definition) is 0. The van der Waals surface area contributed by atoms with Crippen LogP contribution in [0.1, 0.15) is 46.1 Å². The van der Waals surface area contributed by atoms with E-state index in [1.165, 1.54) is 0 Å². The molecule has 1 heterocycles. The minimum atomic E-state index is -0.509. The zero-order chi connectivity index (χ0) is 19.4. The summed E-state index contributed by atoms with van der Waals surface area (Å²) in [6.07, 6.45) is 0.828. The number of para-hydroxylation sites is 1. The molecule has 0 saturated carbocycles. The molecule has 0 aliphatic carbocycles. The molecule has 2 aromatic carbocycles. The largest absolute Gasteiger partial charge is 0.460 e. The molecule has 0 unspecified atom stereocenters. The first-order valence-corrected chi connectivity index (χ1v) is 9.41. The van der Waals surface area contributed by atoms with Gasteiger partial charge in [-0.2, -0.15) is 0 Å². The molecule has 4 nitrogen and oxygen atoms in total. The Hall–Kier alpha value is -2.59. The van der Waals surface area contributed by atoms with E-state index < -0.39 is 5.60 Å². The highest BCUT2D eigenvalue weighted by molar-refractivity contribution is 5.86. The number of carbonyl (C=O) groups is 1. The second kappa shape index (κ2) is 7.97. The quantitative estimate of drug-likeness (QED) is 0.669. The fraction of sp³-hybridized carbons (Fsp3) is 0.348. The van der Waals surface area contributed by atoms with E-state index in [0.717, 1.165) is 28.9 Å². The number of anilines is 1. The highest BCUT2D eigenvalue weighted by atomic mass is 16.7. The molecule has 1 atom stereocenters. The molecule has 27 heavy (non-hydrogen) atoms. The predicted molar refractivity (Wildman–Crippen MR) is 108 cm³/mol. The summed E-state index contributed by atoms with van der Waals surface area (Å²) in [6, 6.07) is 20.0. The van der Waals surface area contributed by atoms with Gasteiger partial charge in [-0.3, -0.25) is 9.63 Å². The van der Waals surface area contributed by atoms with Crippen molar-refractivity contribution in [3.8, 4) is 0 Å². The molecule has 1 aliphatic heterocycles. The summed E-state index contributed by atoms with van der Waals surface area (Å²) in [5.74, 6) is -0.233. The number of ether oxygens (including phenoxy) is 1. The van der Waals surface area contributed by atoms with E-state index >= 15 is 0 Å². The van der Waals surface area contributed by atoms with Crippen molar-refractivity contribution in [1.29, 1.82) is 0 Å². The van der Waals surface area contributed by atoms with E-state index in [4.69, 9.17) is 9.57 Å². The third kappa shape index (κ3) is 4.58. The standard InChI is InChI=1S/C23H27NO3/c1-5-20-19(16-21(25)26-23(2,3)4)22(17-12-8-6-9-13-17)24(27-20)18-14-10-7-11-15-18/h6-15,20H,5,16H2,1-4H3/t20-/m1/s1. The SMILES string of the molecule is CC[C@H]1ON(c2ccccc2)C(c2ccccc2)=C1CC(=O)OC(C)(C)C. The van der Waals surface area contributed by atoms with Crippen LogP contribution in [0.2, 0.25) is 0 Å². The van der Waals surface area contributed by atoms with E-state index in [1.54, 1.807) is 0 Å². The van der Waals surface area contributed by atoms with Gasteiger partial charge in [-0.1, -0.05) is 55.5 Å². The van der Waals surface area contributed by atoms with Gasteiger partial charge in [0.25, 0.3) is 0 Å². The van der Waals surface area contributed by atoms with Gasteiger partial charge >= 0.3 is 5.97 Å². The Morgan fingerprint density at radius 3 is 2.19 bits per heavy atom. The van der Waals surface area contributed by atoms with Crippen LogP contribution in [0.3, 0.4) is 0 Å². The topological polar surface area (TPSA) is 38.8 Å². The molecule has 3 rings (SSSR count). The van der Waals surface area contributed by atoms with Gasteiger partial charge in [0, 0.05) is 5.56 Å². The molecule has 0 saturated heterocycles. The van der Waals surface area contributed by atoms with Gasteiger partial charge in [-0.25, -0.2) is 5.06 Å². The van der Waals surface area contributed by atoms with Crippen LogP contribution in [-0.2, 0) is 14.4 Å². The fourth-order valence-electron chi connectivity index (χ4n) is 3.23. The summed E-state index contributed by atoms with van der Waals surface area (Å²) in [6.45, 7) is 7.72. The molecular weight excluding hydrogens is 338 g/mol. The Labute approximate surface area is 161 Å². The van der Waals surface area contributed by atoms with Gasteiger partial charge in [-0.05, 0) is 44.9 Å². The van der Waals surface area contributed by atoms with Crippen LogP contribution < -0.4 is 5.06 Å². The van der Waals surface area contributed by atoms with Crippen LogP contribution in [-0.4, -0.2) is 17.7 Å². The number of hydrogen-bond acceptors (Lipinski definition) is 4. The summed E-state index contributed by atoms with van der Waals surface area (Å²) >= 11 is 0.